The number of hydrogen-bond donors (Lipinski definition) is 0. The molecule has 1 aliphatic heterocycles. The molecule has 1 heterocycles. The van der Waals surface area contributed by atoms with Crippen LogP contribution in [0.4, 0.5) is 0 Å². The molecule has 0 unspecified atom stereocenters. The monoisotopic (exact) mass is 331 g/mol. The Kier molecular flexibility index (Phi) is 4.81. The molecule has 0 bridgehead atoms. The van der Waals surface area contributed by atoms with E-state index in [1.165, 1.54) is 0 Å². The van der Waals surface area contributed by atoms with Gasteiger partial charge in [-0.3, -0.25) is 0 Å². The Labute approximate surface area is 117 Å². The maximum atomic E-state index is 12.5. The maximum Gasteiger partial charge on any atom is 0.243 e. The van der Waals surface area contributed by atoms with Crippen molar-refractivity contribution in [2.24, 2.45) is 0 Å². The fourth-order valence-electron chi connectivity index (χ4n) is 2.18. The third-order valence-electron chi connectivity index (χ3n) is 3.28. The smallest absolute Gasteiger partial charge is 0.207 e. The molecule has 2 rings (SSSR count). The second-order valence-electron chi connectivity index (χ2n) is 4.60. The van der Waals surface area contributed by atoms with Gasteiger partial charge in [-0.05, 0) is 30.5 Å². The first-order valence-corrected chi connectivity index (χ1v) is 8.86. The number of halogens is 1. The summed E-state index contributed by atoms with van der Waals surface area (Å²) in [6.07, 6.45) is 4.21. The summed E-state index contributed by atoms with van der Waals surface area (Å²) in [6.45, 7) is 1.31. The highest BCUT2D eigenvalue weighted by Crippen LogP contribution is 2.21. The lowest BCUT2D eigenvalue weighted by Gasteiger charge is -2.19. The van der Waals surface area contributed by atoms with E-state index in [1.807, 2.05) is 12.1 Å². The lowest BCUT2D eigenvalue weighted by Crippen LogP contribution is -2.31. The molecule has 0 radical (unpaired) electrons. The van der Waals surface area contributed by atoms with Gasteiger partial charge in [0.25, 0.3) is 0 Å². The Balaban J connectivity index is 2.22. The highest BCUT2D eigenvalue weighted by Gasteiger charge is 2.24. The molecule has 3 nitrogen and oxygen atoms in total. The van der Waals surface area contributed by atoms with Crippen LogP contribution in [-0.2, 0) is 15.4 Å². The lowest BCUT2D eigenvalue weighted by molar-refractivity contribution is 0.424. The second-order valence-corrected chi connectivity index (χ2v) is 7.09. The zero-order chi connectivity index (χ0) is 13.0. The van der Waals surface area contributed by atoms with Gasteiger partial charge >= 0.3 is 0 Å². The minimum atomic E-state index is -3.29. The number of hydrogen-bond acceptors (Lipinski definition) is 2. The lowest BCUT2D eigenvalue weighted by atomic mass is 10.2. The summed E-state index contributed by atoms with van der Waals surface area (Å²) in [5.74, 6) is 0. The molecule has 1 fully saturated rings. The third-order valence-corrected chi connectivity index (χ3v) is 5.84. The van der Waals surface area contributed by atoms with Crippen LogP contribution < -0.4 is 0 Å². The van der Waals surface area contributed by atoms with Crippen LogP contribution in [0.1, 0.15) is 31.2 Å². The van der Waals surface area contributed by atoms with Crippen molar-refractivity contribution in [3.05, 3.63) is 29.8 Å². The van der Waals surface area contributed by atoms with Crippen molar-refractivity contribution in [2.45, 2.75) is 35.9 Å². The molecule has 1 aromatic carbocycles. The van der Waals surface area contributed by atoms with Gasteiger partial charge in [-0.15, -0.1) is 0 Å². The van der Waals surface area contributed by atoms with Gasteiger partial charge in [0.1, 0.15) is 0 Å². The van der Waals surface area contributed by atoms with Gasteiger partial charge in [0, 0.05) is 18.4 Å². The zero-order valence-corrected chi connectivity index (χ0v) is 12.7. The van der Waals surface area contributed by atoms with Crippen LogP contribution in [0.2, 0.25) is 0 Å². The van der Waals surface area contributed by atoms with E-state index in [4.69, 9.17) is 0 Å². The molecular weight excluding hydrogens is 314 g/mol. The van der Waals surface area contributed by atoms with Crippen molar-refractivity contribution in [3.63, 3.8) is 0 Å². The first-order chi connectivity index (χ1) is 8.64. The van der Waals surface area contributed by atoms with Gasteiger partial charge in [0.2, 0.25) is 10.0 Å². The molecule has 0 saturated carbocycles. The van der Waals surface area contributed by atoms with Crippen molar-refractivity contribution in [3.8, 4) is 0 Å². The first-order valence-electron chi connectivity index (χ1n) is 6.29. The second kappa shape index (κ2) is 6.17. The van der Waals surface area contributed by atoms with Crippen LogP contribution >= 0.6 is 15.9 Å². The SMILES string of the molecule is O=S(=O)(c1ccc(CBr)cc1)N1CCCCCC1. The molecule has 0 aromatic heterocycles. The van der Waals surface area contributed by atoms with E-state index >= 15 is 0 Å². The summed E-state index contributed by atoms with van der Waals surface area (Å²) in [6, 6.07) is 7.13. The Hall–Kier alpha value is -0.390. The van der Waals surface area contributed by atoms with E-state index in [-0.39, 0.29) is 0 Å². The van der Waals surface area contributed by atoms with Gasteiger partial charge in [-0.2, -0.15) is 4.31 Å². The highest BCUT2D eigenvalue weighted by atomic mass is 79.9. The molecule has 0 N–H and O–H groups in total. The predicted octanol–water partition coefficient (Wildman–Crippen LogP) is 3.15. The largest absolute Gasteiger partial charge is 0.243 e. The molecule has 1 saturated heterocycles. The number of benzene rings is 1. The molecule has 0 spiro atoms. The van der Waals surface area contributed by atoms with Crippen LogP contribution in [0.5, 0.6) is 0 Å². The minimum Gasteiger partial charge on any atom is -0.207 e. The molecule has 18 heavy (non-hydrogen) atoms. The molecule has 0 aliphatic carbocycles. The van der Waals surface area contributed by atoms with Crippen LogP contribution in [0.3, 0.4) is 0 Å². The molecule has 1 aliphatic rings. The van der Waals surface area contributed by atoms with Crippen LogP contribution in [0.15, 0.2) is 29.2 Å². The number of rotatable bonds is 3. The quantitative estimate of drug-likeness (QED) is 0.798. The summed E-state index contributed by atoms with van der Waals surface area (Å²) >= 11 is 3.36. The van der Waals surface area contributed by atoms with Crippen LogP contribution in [0, 0.1) is 0 Å². The summed E-state index contributed by atoms with van der Waals surface area (Å²) < 4.78 is 26.5. The van der Waals surface area contributed by atoms with Gasteiger partial charge in [-0.1, -0.05) is 40.9 Å². The minimum absolute atomic E-state index is 0.411. The number of sulfonamides is 1. The Morgan fingerprint density at radius 2 is 1.56 bits per heavy atom. The van der Waals surface area contributed by atoms with Gasteiger partial charge in [0.15, 0.2) is 0 Å². The van der Waals surface area contributed by atoms with E-state index in [2.05, 4.69) is 15.9 Å². The third kappa shape index (κ3) is 3.13. The van der Waals surface area contributed by atoms with E-state index in [9.17, 15) is 8.42 Å². The summed E-state index contributed by atoms with van der Waals surface area (Å²) in [5, 5.41) is 0.747. The highest BCUT2D eigenvalue weighted by molar-refractivity contribution is 9.08. The molecule has 5 heteroatoms. The molecule has 0 amide bonds. The number of alkyl halides is 1. The summed E-state index contributed by atoms with van der Waals surface area (Å²) in [5.41, 5.74) is 1.09. The average Bonchev–Trinajstić information content (AvgIpc) is 2.68. The van der Waals surface area contributed by atoms with Gasteiger partial charge in [-0.25, -0.2) is 8.42 Å². The van der Waals surface area contributed by atoms with E-state index in [1.54, 1.807) is 16.4 Å². The molecule has 1 aromatic rings. The zero-order valence-electron chi connectivity index (χ0n) is 10.3. The molecule has 0 atom stereocenters. The van der Waals surface area contributed by atoms with Crippen molar-refractivity contribution in [1.29, 1.82) is 0 Å². The van der Waals surface area contributed by atoms with Crippen molar-refractivity contribution in [2.75, 3.05) is 13.1 Å². The average molecular weight is 332 g/mol. The fourth-order valence-corrected chi connectivity index (χ4v) is 4.07. The Bertz CT molecular complexity index is 476. The molecular formula is C13H18BrNO2S. The van der Waals surface area contributed by atoms with Crippen LogP contribution in [-0.4, -0.2) is 25.8 Å². The van der Waals surface area contributed by atoms with Crippen molar-refractivity contribution in [1.82, 2.24) is 4.31 Å². The topological polar surface area (TPSA) is 37.4 Å². The summed E-state index contributed by atoms with van der Waals surface area (Å²) in [7, 11) is -3.29. The van der Waals surface area contributed by atoms with Crippen LogP contribution in [0.25, 0.3) is 0 Å². The van der Waals surface area contributed by atoms with Crippen molar-refractivity contribution < 1.29 is 8.42 Å². The maximum absolute atomic E-state index is 12.5. The van der Waals surface area contributed by atoms with E-state index in [0.717, 1.165) is 36.6 Å². The van der Waals surface area contributed by atoms with Gasteiger partial charge in [0.05, 0.1) is 4.90 Å². The van der Waals surface area contributed by atoms with Gasteiger partial charge < -0.3 is 0 Å². The standard InChI is InChI=1S/C13H18BrNO2S/c14-11-12-5-7-13(8-6-12)18(16,17)15-9-3-1-2-4-10-15/h5-8H,1-4,9-11H2. The number of nitrogens with zero attached hydrogens (tertiary/aromatic N) is 1. The Morgan fingerprint density at radius 3 is 2.06 bits per heavy atom. The summed E-state index contributed by atoms with van der Waals surface area (Å²) in [4.78, 5) is 0.411. The normalized spacial score (nSPS) is 18.5. The molecule has 100 valence electrons. The fraction of sp³-hybridized carbons (Fsp3) is 0.538. The predicted molar refractivity (Wildman–Crippen MR) is 76.3 cm³/mol. The Morgan fingerprint density at radius 1 is 1.00 bits per heavy atom. The van der Waals surface area contributed by atoms with E-state index < -0.39 is 10.0 Å². The van der Waals surface area contributed by atoms with Crippen molar-refractivity contribution >= 4 is 26.0 Å². The van der Waals surface area contributed by atoms with E-state index in [0.29, 0.717) is 18.0 Å². The first kappa shape index (κ1) is 14.0.